The molecule has 0 radical (unpaired) electrons. The van der Waals surface area contributed by atoms with Gasteiger partial charge in [-0.05, 0) is 49.4 Å². The molecule has 7 heteroatoms. The minimum Gasteiger partial charge on any atom is -0.497 e. The number of benzene rings is 2. The summed E-state index contributed by atoms with van der Waals surface area (Å²) in [4.78, 5) is 16.0. The first-order valence-corrected chi connectivity index (χ1v) is 12.9. The minimum absolute atomic E-state index is 0.0526. The number of morpholine rings is 1. The smallest absolute Gasteiger partial charge is 0.272 e. The van der Waals surface area contributed by atoms with E-state index in [0.717, 1.165) is 48.9 Å². The quantitative estimate of drug-likeness (QED) is 0.576. The molecule has 2 aromatic carbocycles. The lowest BCUT2D eigenvalue weighted by atomic mass is 9.89. The summed E-state index contributed by atoms with van der Waals surface area (Å²) < 4.78 is 13.4. The molecule has 1 N–H and O–H groups in total. The fourth-order valence-corrected chi connectivity index (χ4v) is 6.29. The van der Waals surface area contributed by atoms with Crippen LogP contribution in [0.15, 0.2) is 48.5 Å². The second-order valence-electron chi connectivity index (χ2n) is 10.3. The SMILES string of the molecule is COc1cccc(CN2[C@@H]3COC[C@H]2CC(NC(=O)c2nn(C4CCCC4)c4ccccc24)C3)c1. The van der Waals surface area contributed by atoms with Crippen molar-refractivity contribution in [1.29, 1.82) is 0 Å². The zero-order valence-electron chi connectivity index (χ0n) is 20.4. The number of carbonyl (C=O) groups excluding carboxylic acids is 1. The predicted octanol–water partition coefficient (Wildman–Crippen LogP) is 4.32. The van der Waals surface area contributed by atoms with E-state index in [4.69, 9.17) is 14.6 Å². The molecule has 3 atom stereocenters. The Labute approximate surface area is 206 Å². The Hall–Kier alpha value is -2.90. The van der Waals surface area contributed by atoms with Crippen molar-refractivity contribution in [3.63, 3.8) is 0 Å². The van der Waals surface area contributed by atoms with E-state index in [-0.39, 0.29) is 24.0 Å². The third-order valence-corrected chi connectivity index (χ3v) is 8.01. The molecule has 184 valence electrons. The number of nitrogens with one attached hydrogen (secondary N) is 1. The van der Waals surface area contributed by atoms with Crippen LogP contribution in [0.2, 0.25) is 0 Å². The Kier molecular flexibility index (Phi) is 6.20. The van der Waals surface area contributed by atoms with E-state index in [1.807, 2.05) is 30.3 Å². The van der Waals surface area contributed by atoms with Crippen LogP contribution in [0.5, 0.6) is 5.75 Å². The fraction of sp³-hybridized carbons (Fsp3) is 0.500. The number of aromatic nitrogens is 2. The first-order valence-electron chi connectivity index (χ1n) is 12.9. The summed E-state index contributed by atoms with van der Waals surface area (Å²) in [7, 11) is 1.70. The van der Waals surface area contributed by atoms with Gasteiger partial charge in [0, 0.05) is 30.1 Å². The first-order chi connectivity index (χ1) is 17.2. The summed E-state index contributed by atoms with van der Waals surface area (Å²) in [5.41, 5.74) is 2.88. The molecule has 35 heavy (non-hydrogen) atoms. The van der Waals surface area contributed by atoms with Crippen molar-refractivity contribution >= 4 is 16.8 Å². The van der Waals surface area contributed by atoms with Gasteiger partial charge in [-0.2, -0.15) is 5.10 Å². The molecule has 3 aromatic rings. The molecule has 7 nitrogen and oxygen atoms in total. The fourth-order valence-electron chi connectivity index (χ4n) is 6.29. The Bertz CT molecular complexity index is 1190. The molecule has 3 aliphatic rings. The maximum Gasteiger partial charge on any atom is 0.272 e. The molecule has 1 aliphatic carbocycles. The second-order valence-corrected chi connectivity index (χ2v) is 10.3. The lowest BCUT2D eigenvalue weighted by molar-refractivity contribution is -0.0843. The molecular weight excluding hydrogens is 440 g/mol. The zero-order chi connectivity index (χ0) is 23.8. The van der Waals surface area contributed by atoms with Crippen LogP contribution in [0, 0.1) is 0 Å². The number of ether oxygens (including phenoxy) is 2. The van der Waals surface area contributed by atoms with Crippen molar-refractivity contribution in [2.75, 3.05) is 20.3 Å². The van der Waals surface area contributed by atoms with Gasteiger partial charge in [0.05, 0.1) is 31.9 Å². The number of fused-ring (bicyclic) bond motifs is 3. The lowest BCUT2D eigenvalue weighted by Gasteiger charge is -2.48. The highest BCUT2D eigenvalue weighted by Gasteiger charge is 2.40. The van der Waals surface area contributed by atoms with E-state index in [0.29, 0.717) is 24.9 Å². The molecule has 2 aliphatic heterocycles. The van der Waals surface area contributed by atoms with Crippen molar-refractivity contribution in [3.05, 3.63) is 59.8 Å². The van der Waals surface area contributed by atoms with Crippen molar-refractivity contribution in [3.8, 4) is 5.75 Å². The lowest BCUT2D eigenvalue weighted by Crippen LogP contribution is -2.60. The van der Waals surface area contributed by atoms with Crippen LogP contribution in [0.4, 0.5) is 0 Å². The van der Waals surface area contributed by atoms with Crippen LogP contribution < -0.4 is 10.1 Å². The number of piperidine rings is 1. The van der Waals surface area contributed by atoms with Gasteiger partial charge in [-0.3, -0.25) is 14.4 Å². The third-order valence-electron chi connectivity index (χ3n) is 8.01. The Morgan fingerprint density at radius 2 is 1.83 bits per heavy atom. The summed E-state index contributed by atoms with van der Waals surface area (Å²) in [6.07, 6.45) is 6.52. The number of para-hydroxylation sites is 1. The summed E-state index contributed by atoms with van der Waals surface area (Å²) >= 11 is 0. The van der Waals surface area contributed by atoms with Crippen LogP contribution in [-0.2, 0) is 11.3 Å². The van der Waals surface area contributed by atoms with Gasteiger partial charge >= 0.3 is 0 Å². The van der Waals surface area contributed by atoms with E-state index in [1.165, 1.54) is 18.4 Å². The van der Waals surface area contributed by atoms with Crippen molar-refractivity contribution in [1.82, 2.24) is 20.0 Å². The molecule has 1 amide bonds. The van der Waals surface area contributed by atoms with Gasteiger partial charge in [-0.25, -0.2) is 0 Å². The van der Waals surface area contributed by atoms with E-state index in [1.54, 1.807) is 7.11 Å². The van der Waals surface area contributed by atoms with Crippen molar-refractivity contribution < 1.29 is 14.3 Å². The van der Waals surface area contributed by atoms with Gasteiger partial charge in [0.2, 0.25) is 0 Å². The number of methoxy groups -OCH3 is 1. The minimum atomic E-state index is -0.0526. The highest BCUT2D eigenvalue weighted by Crippen LogP contribution is 2.34. The molecule has 2 saturated heterocycles. The van der Waals surface area contributed by atoms with Gasteiger partial charge in [-0.1, -0.05) is 43.2 Å². The molecule has 2 bridgehead atoms. The van der Waals surface area contributed by atoms with E-state index in [9.17, 15) is 4.79 Å². The number of nitrogens with zero attached hydrogens (tertiary/aromatic N) is 3. The summed E-state index contributed by atoms with van der Waals surface area (Å²) in [6, 6.07) is 17.5. The molecule has 1 aromatic heterocycles. The maximum atomic E-state index is 13.5. The highest BCUT2D eigenvalue weighted by atomic mass is 16.5. The largest absolute Gasteiger partial charge is 0.497 e. The standard InChI is InChI=1S/C28H34N4O3/c1-34-24-10-6-7-19(13-24)16-31-22-14-20(15-23(31)18-35-17-22)29-28(33)27-25-11-4-5-12-26(25)32(30-27)21-8-2-3-9-21/h4-7,10-13,20-23H,2-3,8-9,14-18H2,1H3,(H,29,33)/t20?,22-,23+. The number of amides is 1. The molecule has 1 unspecified atom stereocenters. The van der Waals surface area contributed by atoms with Crippen LogP contribution >= 0.6 is 0 Å². The molecule has 6 rings (SSSR count). The van der Waals surface area contributed by atoms with E-state index < -0.39 is 0 Å². The average molecular weight is 475 g/mol. The summed E-state index contributed by atoms with van der Waals surface area (Å²) in [5, 5.41) is 9.15. The zero-order valence-corrected chi connectivity index (χ0v) is 20.4. The van der Waals surface area contributed by atoms with E-state index >= 15 is 0 Å². The van der Waals surface area contributed by atoms with Crippen molar-refractivity contribution in [2.45, 2.75) is 69.2 Å². The normalized spacial score (nSPS) is 25.1. The van der Waals surface area contributed by atoms with Crippen LogP contribution in [0.25, 0.3) is 10.9 Å². The Balaban J connectivity index is 1.18. The molecule has 0 spiro atoms. The van der Waals surface area contributed by atoms with Crippen LogP contribution in [-0.4, -0.2) is 59.0 Å². The van der Waals surface area contributed by atoms with Crippen LogP contribution in [0.1, 0.15) is 60.6 Å². The number of hydrogen-bond acceptors (Lipinski definition) is 5. The third kappa shape index (κ3) is 4.43. The summed E-state index contributed by atoms with van der Waals surface area (Å²) in [6.45, 7) is 2.27. The van der Waals surface area contributed by atoms with Gasteiger partial charge in [0.1, 0.15) is 5.75 Å². The number of carbonyl (C=O) groups is 1. The molecular formula is C28H34N4O3. The predicted molar refractivity (Wildman–Crippen MR) is 135 cm³/mol. The van der Waals surface area contributed by atoms with E-state index in [2.05, 4.69) is 33.1 Å². The summed E-state index contributed by atoms with van der Waals surface area (Å²) in [5.74, 6) is 0.832. The monoisotopic (exact) mass is 474 g/mol. The Morgan fingerprint density at radius 3 is 2.60 bits per heavy atom. The number of hydrogen-bond donors (Lipinski definition) is 1. The topological polar surface area (TPSA) is 68.6 Å². The molecule has 3 fully saturated rings. The highest BCUT2D eigenvalue weighted by molar-refractivity contribution is 6.05. The average Bonchev–Trinajstić information content (AvgIpc) is 3.53. The second kappa shape index (κ2) is 9.63. The van der Waals surface area contributed by atoms with Crippen LogP contribution in [0.3, 0.4) is 0 Å². The Morgan fingerprint density at radius 1 is 1.06 bits per heavy atom. The van der Waals surface area contributed by atoms with Gasteiger partial charge in [-0.15, -0.1) is 0 Å². The molecule has 3 heterocycles. The first kappa shape index (κ1) is 22.6. The molecule has 1 saturated carbocycles. The van der Waals surface area contributed by atoms with Gasteiger partial charge < -0.3 is 14.8 Å². The maximum absolute atomic E-state index is 13.5. The number of rotatable bonds is 6. The van der Waals surface area contributed by atoms with Gasteiger partial charge in [0.15, 0.2) is 5.69 Å². The van der Waals surface area contributed by atoms with Gasteiger partial charge in [0.25, 0.3) is 5.91 Å². The van der Waals surface area contributed by atoms with Crippen molar-refractivity contribution in [2.24, 2.45) is 0 Å².